The summed E-state index contributed by atoms with van der Waals surface area (Å²) in [4.78, 5) is 50.3. The van der Waals surface area contributed by atoms with Gasteiger partial charge in [0.2, 0.25) is 17.7 Å². The van der Waals surface area contributed by atoms with Crippen LogP contribution in [0.3, 0.4) is 0 Å². The predicted octanol–water partition coefficient (Wildman–Crippen LogP) is 1.73. The fraction of sp³-hybridized carbons (Fsp3) is 0.500. The molecule has 2 aliphatic heterocycles. The van der Waals surface area contributed by atoms with Gasteiger partial charge in [-0.15, -0.1) is 0 Å². The zero-order chi connectivity index (χ0) is 24.5. The van der Waals surface area contributed by atoms with E-state index in [0.717, 1.165) is 25.0 Å². The van der Waals surface area contributed by atoms with Crippen LogP contribution in [-0.4, -0.2) is 70.9 Å². The summed E-state index contributed by atoms with van der Waals surface area (Å²) < 4.78 is 0. The van der Waals surface area contributed by atoms with E-state index in [4.69, 9.17) is 5.11 Å². The minimum Gasteiger partial charge on any atom is -0.396 e. The number of hydrogen-bond acceptors (Lipinski definition) is 7. The number of amides is 4. The standard InChI is InChI=1S/C24H32N4O5S/c1-16-17-6-5-7-18(22(17)24(33)28(16)19-9-10-21(31)27-23(19)32)25-11-4-2-3-8-20(30)26-12-14-34-15-13-29/h5-7,19,25,29H,1-4,8-15H2,(H,26,30)(H,27,31,32). The maximum atomic E-state index is 13.2. The molecule has 2 aliphatic rings. The van der Waals surface area contributed by atoms with Crippen molar-refractivity contribution in [3.63, 3.8) is 0 Å². The molecule has 0 bridgehead atoms. The van der Waals surface area contributed by atoms with Gasteiger partial charge in [0.25, 0.3) is 5.91 Å². The number of rotatable bonds is 13. The van der Waals surface area contributed by atoms with Crippen molar-refractivity contribution < 1.29 is 24.3 Å². The quantitative estimate of drug-likeness (QED) is 0.246. The van der Waals surface area contributed by atoms with Gasteiger partial charge in [0.15, 0.2) is 0 Å². The summed E-state index contributed by atoms with van der Waals surface area (Å²) in [5, 5.41) is 17.2. The summed E-state index contributed by atoms with van der Waals surface area (Å²) in [5.41, 5.74) is 2.35. The van der Waals surface area contributed by atoms with Gasteiger partial charge < -0.3 is 15.7 Å². The van der Waals surface area contributed by atoms with E-state index in [9.17, 15) is 19.2 Å². The maximum Gasteiger partial charge on any atom is 0.261 e. The molecule has 1 atom stereocenters. The Bertz CT molecular complexity index is 951. The number of nitrogens with one attached hydrogen (secondary N) is 3. The summed E-state index contributed by atoms with van der Waals surface area (Å²) in [6.07, 6.45) is 3.44. The average Bonchev–Trinajstić information content (AvgIpc) is 3.07. The maximum absolute atomic E-state index is 13.2. The van der Waals surface area contributed by atoms with Crippen molar-refractivity contribution in [2.24, 2.45) is 0 Å². The number of fused-ring (bicyclic) bond motifs is 1. The molecule has 9 nitrogen and oxygen atoms in total. The molecule has 4 amide bonds. The Morgan fingerprint density at radius 3 is 2.76 bits per heavy atom. The lowest BCUT2D eigenvalue weighted by molar-refractivity contribution is -0.136. The molecule has 1 unspecified atom stereocenters. The number of unbranched alkanes of at least 4 members (excludes halogenated alkanes) is 2. The molecule has 0 spiro atoms. The second-order valence-electron chi connectivity index (χ2n) is 8.24. The van der Waals surface area contributed by atoms with Crippen molar-refractivity contribution in [1.82, 2.24) is 15.5 Å². The zero-order valence-electron chi connectivity index (χ0n) is 19.2. The number of benzene rings is 1. The third-order valence-corrected chi connectivity index (χ3v) is 6.78. The first-order valence-corrected chi connectivity index (χ1v) is 12.8. The fourth-order valence-corrected chi connectivity index (χ4v) is 4.71. The van der Waals surface area contributed by atoms with E-state index in [0.29, 0.717) is 47.8 Å². The van der Waals surface area contributed by atoms with Crippen molar-refractivity contribution in [2.75, 3.05) is 36.5 Å². The number of piperidine rings is 1. The SMILES string of the molecule is C=C1c2cccc(NCCCCCC(=O)NCCSCCO)c2C(=O)N1C1CCC(=O)NC1=O. The Balaban J connectivity index is 1.45. The van der Waals surface area contributed by atoms with Crippen LogP contribution in [0.2, 0.25) is 0 Å². The normalized spacial score (nSPS) is 17.6. The van der Waals surface area contributed by atoms with Crippen LogP contribution in [0.25, 0.3) is 5.70 Å². The molecule has 0 aromatic heterocycles. The summed E-state index contributed by atoms with van der Waals surface area (Å²) in [6.45, 7) is 5.44. The van der Waals surface area contributed by atoms with Crippen molar-refractivity contribution in [1.29, 1.82) is 0 Å². The van der Waals surface area contributed by atoms with Gasteiger partial charge in [-0.1, -0.05) is 25.1 Å². The minimum absolute atomic E-state index is 0.0380. The molecule has 184 valence electrons. The first kappa shape index (κ1) is 25.8. The number of aliphatic hydroxyl groups is 1. The van der Waals surface area contributed by atoms with E-state index < -0.39 is 11.9 Å². The molecule has 0 radical (unpaired) electrons. The smallest absolute Gasteiger partial charge is 0.261 e. The number of thioether (sulfide) groups is 1. The molecule has 1 aromatic rings. The molecular weight excluding hydrogens is 456 g/mol. The van der Waals surface area contributed by atoms with Gasteiger partial charge in [0, 0.05) is 54.4 Å². The highest BCUT2D eigenvalue weighted by Gasteiger charge is 2.42. The highest BCUT2D eigenvalue weighted by molar-refractivity contribution is 7.99. The molecule has 10 heteroatoms. The zero-order valence-corrected chi connectivity index (χ0v) is 20.0. The lowest BCUT2D eigenvalue weighted by atomic mass is 10.0. The van der Waals surface area contributed by atoms with Crippen LogP contribution in [0.5, 0.6) is 0 Å². The highest BCUT2D eigenvalue weighted by Crippen LogP contribution is 2.38. The summed E-state index contributed by atoms with van der Waals surface area (Å²) in [6, 6.07) is 4.75. The Morgan fingerprint density at radius 1 is 1.18 bits per heavy atom. The van der Waals surface area contributed by atoms with Crippen LogP contribution in [0.15, 0.2) is 24.8 Å². The number of imide groups is 1. The molecule has 4 N–H and O–H groups in total. The minimum atomic E-state index is -0.739. The lowest BCUT2D eigenvalue weighted by Gasteiger charge is -2.30. The first-order valence-electron chi connectivity index (χ1n) is 11.6. The van der Waals surface area contributed by atoms with Crippen LogP contribution in [-0.2, 0) is 14.4 Å². The lowest BCUT2D eigenvalue weighted by Crippen LogP contribution is -2.52. The second kappa shape index (κ2) is 12.6. The molecule has 1 aromatic carbocycles. The van der Waals surface area contributed by atoms with Crippen LogP contribution >= 0.6 is 11.8 Å². The monoisotopic (exact) mass is 488 g/mol. The molecule has 3 rings (SSSR count). The summed E-state index contributed by atoms with van der Waals surface area (Å²) in [5.74, 6) is 0.433. The predicted molar refractivity (Wildman–Crippen MR) is 132 cm³/mol. The van der Waals surface area contributed by atoms with Gasteiger partial charge in [0.1, 0.15) is 6.04 Å². The molecule has 34 heavy (non-hydrogen) atoms. The van der Waals surface area contributed by atoms with E-state index in [1.165, 1.54) is 4.90 Å². The van der Waals surface area contributed by atoms with Crippen molar-refractivity contribution in [3.8, 4) is 0 Å². The number of carbonyl (C=O) groups is 4. The van der Waals surface area contributed by atoms with Crippen LogP contribution in [0.1, 0.15) is 54.4 Å². The van der Waals surface area contributed by atoms with E-state index >= 15 is 0 Å². The molecule has 2 heterocycles. The first-order chi connectivity index (χ1) is 16.4. The number of aliphatic hydroxyl groups excluding tert-OH is 1. The summed E-state index contributed by atoms with van der Waals surface area (Å²) in [7, 11) is 0. The van der Waals surface area contributed by atoms with Gasteiger partial charge in [-0.3, -0.25) is 29.4 Å². The average molecular weight is 489 g/mol. The second-order valence-corrected chi connectivity index (χ2v) is 9.46. The Hall–Kier alpha value is -2.85. The largest absolute Gasteiger partial charge is 0.396 e. The third kappa shape index (κ3) is 6.38. The molecule has 0 aliphatic carbocycles. The molecule has 1 fully saturated rings. The summed E-state index contributed by atoms with van der Waals surface area (Å²) >= 11 is 1.61. The van der Waals surface area contributed by atoms with Crippen molar-refractivity contribution in [3.05, 3.63) is 35.9 Å². The Morgan fingerprint density at radius 2 is 2.00 bits per heavy atom. The van der Waals surface area contributed by atoms with Crippen molar-refractivity contribution >= 4 is 46.8 Å². The van der Waals surface area contributed by atoms with E-state index in [-0.39, 0.29) is 37.2 Å². The van der Waals surface area contributed by atoms with Gasteiger partial charge >= 0.3 is 0 Å². The number of hydrogen-bond donors (Lipinski definition) is 4. The molecule has 1 saturated heterocycles. The van der Waals surface area contributed by atoms with Crippen LogP contribution in [0.4, 0.5) is 5.69 Å². The number of carbonyl (C=O) groups excluding carboxylic acids is 4. The Labute approximate surface area is 203 Å². The highest BCUT2D eigenvalue weighted by atomic mass is 32.2. The molecular formula is C24H32N4O5S. The van der Waals surface area contributed by atoms with Gasteiger partial charge in [0.05, 0.1) is 12.2 Å². The van der Waals surface area contributed by atoms with Gasteiger partial charge in [-0.05, 0) is 25.3 Å². The molecule has 0 saturated carbocycles. The van der Waals surface area contributed by atoms with E-state index in [2.05, 4.69) is 22.5 Å². The van der Waals surface area contributed by atoms with Crippen LogP contribution in [0, 0.1) is 0 Å². The van der Waals surface area contributed by atoms with E-state index in [1.54, 1.807) is 11.8 Å². The topological polar surface area (TPSA) is 128 Å². The van der Waals surface area contributed by atoms with Crippen molar-refractivity contribution in [2.45, 2.75) is 44.6 Å². The van der Waals surface area contributed by atoms with Gasteiger partial charge in [-0.25, -0.2) is 0 Å². The van der Waals surface area contributed by atoms with E-state index in [1.807, 2.05) is 18.2 Å². The Kier molecular flexibility index (Phi) is 9.52. The third-order valence-electron chi connectivity index (χ3n) is 5.82. The van der Waals surface area contributed by atoms with Crippen LogP contribution < -0.4 is 16.0 Å². The fourth-order valence-electron chi connectivity index (χ4n) is 4.13. The van der Waals surface area contributed by atoms with Gasteiger partial charge in [-0.2, -0.15) is 11.8 Å². The number of anilines is 1. The number of nitrogens with zero attached hydrogens (tertiary/aromatic N) is 1.